The lowest BCUT2D eigenvalue weighted by Gasteiger charge is -2.40. The summed E-state index contributed by atoms with van der Waals surface area (Å²) < 4.78 is 31.7. The molecule has 118 valence electrons. The number of aromatic nitrogens is 2. The van der Waals surface area contributed by atoms with Gasteiger partial charge in [0.2, 0.25) is 10.0 Å². The van der Waals surface area contributed by atoms with E-state index in [9.17, 15) is 13.2 Å². The Hall–Kier alpha value is -1.45. The Morgan fingerprint density at radius 2 is 2.29 bits per heavy atom. The van der Waals surface area contributed by atoms with Crippen molar-refractivity contribution >= 4 is 16.0 Å². The number of aromatic amines is 1. The van der Waals surface area contributed by atoms with Crippen LogP contribution in [0.3, 0.4) is 0 Å². The molecule has 1 aromatic heterocycles. The van der Waals surface area contributed by atoms with E-state index in [-0.39, 0.29) is 11.4 Å². The molecule has 1 saturated carbocycles. The fraction of sp³-hybridized carbons (Fsp3) is 0.667. The Morgan fingerprint density at radius 1 is 1.57 bits per heavy atom. The number of hydrogen-bond acceptors (Lipinski definition) is 5. The number of H-pyrrole nitrogens is 1. The van der Waals surface area contributed by atoms with Gasteiger partial charge in [-0.25, -0.2) is 22.9 Å². The number of nitrogens with one attached hydrogen (secondary N) is 2. The number of methoxy groups -OCH3 is 1. The standard InChI is InChI=1S/C12H19N3O5S/c1-20-6-3-7-21(18,19)15-12(4-2-5-12)11-13-8-9(14-11)10(16)17/h8,15H,2-7H2,1H3,(H,13,14)(H,16,17). The zero-order chi connectivity index (χ0) is 15.5. The quantitative estimate of drug-likeness (QED) is 0.598. The molecule has 0 aromatic carbocycles. The number of nitrogens with zero attached hydrogens (tertiary/aromatic N) is 1. The summed E-state index contributed by atoms with van der Waals surface area (Å²) in [4.78, 5) is 17.6. The first-order valence-electron chi connectivity index (χ1n) is 6.68. The van der Waals surface area contributed by atoms with Crippen molar-refractivity contribution in [2.24, 2.45) is 0 Å². The summed E-state index contributed by atoms with van der Waals surface area (Å²) in [6.45, 7) is 0.373. The number of aromatic carboxylic acids is 1. The van der Waals surface area contributed by atoms with Crippen LogP contribution >= 0.6 is 0 Å². The molecule has 0 spiro atoms. The van der Waals surface area contributed by atoms with Crippen LogP contribution in [0.4, 0.5) is 0 Å². The second-order valence-electron chi connectivity index (χ2n) is 5.15. The van der Waals surface area contributed by atoms with E-state index in [1.165, 1.54) is 13.3 Å². The average molecular weight is 317 g/mol. The maximum absolute atomic E-state index is 12.1. The molecule has 0 aliphatic heterocycles. The van der Waals surface area contributed by atoms with Crippen LogP contribution in [0.1, 0.15) is 42.0 Å². The van der Waals surface area contributed by atoms with E-state index in [1.807, 2.05) is 0 Å². The van der Waals surface area contributed by atoms with E-state index >= 15 is 0 Å². The monoisotopic (exact) mass is 317 g/mol. The molecular weight excluding hydrogens is 298 g/mol. The van der Waals surface area contributed by atoms with Gasteiger partial charge in [0.15, 0.2) is 0 Å². The van der Waals surface area contributed by atoms with Gasteiger partial charge in [-0.2, -0.15) is 0 Å². The molecule has 0 unspecified atom stereocenters. The number of sulfonamides is 1. The number of imidazole rings is 1. The predicted molar refractivity (Wildman–Crippen MR) is 74.5 cm³/mol. The van der Waals surface area contributed by atoms with Crippen LogP contribution in [-0.4, -0.2) is 48.9 Å². The molecule has 21 heavy (non-hydrogen) atoms. The van der Waals surface area contributed by atoms with Crippen LogP contribution in [0.25, 0.3) is 0 Å². The van der Waals surface area contributed by atoms with Gasteiger partial charge < -0.3 is 14.8 Å². The highest BCUT2D eigenvalue weighted by atomic mass is 32.2. The molecule has 0 atom stereocenters. The Morgan fingerprint density at radius 3 is 2.76 bits per heavy atom. The van der Waals surface area contributed by atoms with Gasteiger partial charge in [0, 0.05) is 13.7 Å². The first-order chi connectivity index (χ1) is 9.88. The zero-order valence-corrected chi connectivity index (χ0v) is 12.6. The SMILES string of the molecule is COCCCS(=O)(=O)NC1(c2ncc(C(=O)O)[nH]2)CCC1. The van der Waals surface area contributed by atoms with Crippen LogP contribution in [0.2, 0.25) is 0 Å². The summed E-state index contributed by atoms with van der Waals surface area (Å²) in [5.74, 6) is -0.789. The second kappa shape index (κ2) is 6.12. The van der Waals surface area contributed by atoms with Gasteiger partial charge in [-0.3, -0.25) is 0 Å². The second-order valence-corrected chi connectivity index (χ2v) is 7.00. The fourth-order valence-corrected chi connectivity index (χ4v) is 3.83. The van der Waals surface area contributed by atoms with Crippen molar-refractivity contribution in [3.8, 4) is 0 Å². The molecule has 0 amide bonds. The minimum atomic E-state index is -3.47. The molecule has 9 heteroatoms. The molecule has 3 N–H and O–H groups in total. The van der Waals surface area contributed by atoms with Crippen LogP contribution in [0.15, 0.2) is 6.20 Å². The van der Waals surface area contributed by atoms with Gasteiger partial charge in [-0.05, 0) is 25.7 Å². The largest absolute Gasteiger partial charge is 0.477 e. The van der Waals surface area contributed by atoms with Crippen LogP contribution in [0, 0.1) is 0 Å². The van der Waals surface area contributed by atoms with Crippen LogP contribution < -0.4 is 4.72 Å². The van der Waals surface area contributed by atoms with Crippen molar-refractivity contribution in [2.45, 2.75) is 31.2 Å². The Bertz CT molecular complexity index is 606. The minimum absolute atomic E-state index is 0.0327. The lowest BCUT2D eigenvalue weighted by Crippen LogP contribution is -2.52. The summed E-state index contributed by atoms with van der Waals surface area (Å²) in [5, 5.41) is 8.91. The smallest absolute Gasteiger partial charge is 0.353 e. The third-order valence-electron chi connectivity index (χ3n) is 3.58. The number of rotatable bonds is 8. The number of carbonyl (C=O) groups is 1. The molecule has 8 nitrogen and oxygen atoms in total. The summed E-state index contributed by atoms with van der Waals surface area (Å²) in [6, 6.07) is 0. The summed E-state index contributed by atoms with van der Waals surface area (Å²) in [7, 11) is -1.95. The van der Waals surface area contributed by atoms with Crippen molar-refractivity contribution < 1.29 is 23.1 Å². The molecule has 0 bridgehead atoms. The molecule has 0 saturated heterocycles. The van der Waals surface area contributed by atoms with Gasteiger partial charge in [-0.15, -0.1) is 0 Å². The summed E-state index contributed by atoms with van der Waals surface area (Å²) in [5.41, 5.74) is -0.852. The Kier molecular flexibility index (Phi) is 4.64. The van der Waals surface area contributed by atoms with E-state index in [0.717, 1.165) is 6.42 Å². The first kappa shape index (κ1) is 15.9. The van der Waals surface area contributed by atoms with E-state index in [2.05, 4.69) is 14.7 Å². The van der Waals surface area contributed by atoms with Crippen LogP contribution in [-0.2, 0) is 20.3 Å². The molecule has 1 aliphatic rings. The molecule has 1 aliphatic carbocycles. The van der Waals surface area contributed by atoms with Gasteiger partial charge in [0.1, 0.15) is 11.5 Å². The minimum Gasteiger partial charge on any atom is -0.477 e. The first-order valence-corrected chi connectivity index (χ1v) is 8.33. The highest BCUT2D eigenvalue weighted by Crippen LogP contribution is 2.40. The topological polar surface area (TPSA) is 121 Å². The number of carboxylic acids is 1. The molecular formula is C12H19N3O5S. The van der Waals surface area contributed by atoms with Gasteiger partial charge in [0.05, 0.1) is 17.5 Å². The summed E-state index contributed by atoms with van der Waals surface area (Å²) in [6.07, 6.45) is 3.67. The predicted octanol–water partition coefficient (Wildman–Crippen LogP) is 0.443. The molecule has 1 heterocycles. The number of hydrogen-bond donors (Lipinski definition) is 3. The highest BCUT2D eigenvalue weighted by molar-refractivity contribution is 7.89. The normalized spacial score (nSPS) is 17.4. The fourth-order valence-electron chi connectivity index (χ4n) is 2.33. The molecule has 1 fully saturated rings. The number of ether oxygens (including phenoxy) is 1. The molecule has 2 rings (SSSR count). The number of carboxylic acid groups (broad SMARTS) is 1. The maximum Gasteiger partial charge on any atom is 0.353 e. The van der Waals surface area contributed by atoms with Crippen molar-refractivity contribution in [1.29, 1.82) is 0 Å². The Labute approximate surface area is 123 Å². The maximum atomic E-state index is 12.1. The lowest BCUT2D eigenvalue weighted by molar-refractivity contribution is 0.0690. The average Bonchev–Trinajstić information content (AvgIpc) is 2.84. The van der Waals surface area contributed by atoms with Gasteiger partial charge in [0.25, 0.3) is 0 Å². The molecule has 0 radical (unpaired) electrons. The van der Waals surface area contributed by atoms with Gasteiger partial charge >= 0.3 is 5.97 Å². The zero-order valence-electron chi connectivity index (χ0n) is 11.8. The van der Waals surface area contributed by atoms with Crippen molar-refractivity contribution in [1.82, 2.24) is 14.7 Å². The van der Waals surface area contributed by atoms with Crippen LogP contribution in [0.5, 0.6) is 0 Å². The van der Waals surface area contributed by atoms with Gasteiger partial charge in [-0.1, -0.05) is 0 Å². The Balaban J connectivity index is 2.12. The summed E-state index contributed by atoms with van der Waals surface area (Å²) >= 11 is 0. The van der Waals surface area contributed by atoms with Crippen molar-refractivity contribution in [3.05, 3.63) is 17.7 Å². The van der Waals surface area contributed by atoms with E-state index < -0.39 is 21.5 Å². The van der Waals surface area contributed by atoms with Crippen molar-refractivity contribution in [2.75, 3.05) is 19.5 Å². The lowest BCUT2D eigenvalue weighted by atomic mass is 9.77. The van der Waals surface area contributed by atoms with E-state index in [0.29, 0.717) is 31.7 Å². The van der Waals surface area contributed by atoms with Crippen molar-refractivity contribution in [3.63, 3.8) is 0 Å². The third kappa shape index (κ3) is 3.60. The van der Waals surface area contributed by atoms with E-state index in [4.69, 9.17) is 9.84 Å². The highest BCUT2D eigenvalue weighted by Gasteiger charge is 2.44. The molecule has 1 aromatic rings. The van der Waals surface area contributed by atoms with E-state index in [1.54, 1.807) is 0 Å². The third-order valence-corrected chi connectivity index (χ3v) is 5.11.